The van der Waals surface area contributed by atoms with E-state index in [4.69, 9.17) is 4.74 Å². The van der Waals surface area contributed by atoms with Gasteiger partial charge in [-0.3, -0.25) is 4.79 Å². The smallest absolute Gasteiger partial charge is 0.251 e. The summed E-state index contributed by atoms with van der Waals surface area (Å²) in [5, 5.41) is 17.8. The Morgan fingerprint density at radius 2 is 2.04 bits per heavy atom. The lowest BCUT2D eigenvalue weighted by Gasteiger charge is -2.37. The second-order valence-electron chi connectivity index (χ2n) is 7.13. The number of benzene rings is 1. The highest BCUT2D eigenvalue weighted by atomic mass is 16.5. The van der Waals surface area contributed by atoms with Gasteiger partial charge in [-0.25, -0.2) is 0 Å². The molecule has 3 N–H and O–H groups in total. The van der Waals surface area contributed by atoms with E-state index in [0.29, 0.717) is 24.5 Å². The number of methoxy groups -OCH3 is 1. The van der Waals surface area contributed by atoms with E-state index < -0.39 is 0 Å². The number of nitrogens with one attached hydrogen (secondary N) is 3. The van der Waals surface area contributed by atoms with Crippen LogP contribution in [0, 0.1) is 12.3 Å². The van der Waals surface area contributed by atoms with Crippen molar-refractivity contribution in [2.24, 2.45) is 5.41 Å². The first-order valence-corrected chi connectivity index (χ1v) is 9.26. The number of rotatable bonds is 7. The molecule has 1 aliphatic rings. The molecule has 0 unspecified atom stereocenters. The molecule has 0 bridgehead atoms. The fraction of sp³-hybridized carbons (Fsp3) is 0.450. The Balaban J connectivity index is 1.63. The molecule has 1 aromatic carbocycles. The van der Waals surface area contributed by atoms with Crippen molar-refractivity contribution in [3.05, 3.63) is 47.7 Å². The number of ether oxygens (including phenoxy) is 1. The van der Waals surface area contributed by atoms with Crippen molar-refractivity contribution < 1.29 is 9.53 Å². The van der Waals surface area contributed by atoms with Gasteiger partial charge in [0.2, 0.25) is 0 Å². The molecule has 0 spiro atoms. The fourth-order valence-electron chi connectivity index (χ4n) is 3.36. The van der Waals surface area contributed by atoms with Crippen LogP contribution >= 0.6 is 0 Å². The van der Waals surface area contributed by atoms with Gasteiger partial charge in [0.1, 0.15) is 0 Å². The standard InChI is InChI=1S/C20H27N5O2/c1-15-6-7-18(25-24-15)23-17-5-3-4-16(12-17)19(26)22-13-20(14-27-2)8-10-21-11-9-20/h3-7,12,21H,8-11,13-14H2,1-2H3,(H,22,26)(H,23,25). The predicted molar refractivity (Wildman–Crippen MR) is 105 cm³/mol. The van der Waals surface area contributed by atoms with E-state index in [9.17, 15) is 4.79 Å². The average molecular weight is 369 g/mol. The van der Waals surface area contributed by atoms with Crippen LogP contribution in [0.15, 0.2) is 36.4 Å². The van der Waals surface area contributed by atoms with E-state index in [2.05, 4.69) is 26.1 Å². The minimum Gasteiger partial charge on any atom is -0.384 e. The Morgan fingerprint density at radius 3 is 2.74 bits per heavy atom. The van der Waals surface area contributed by atoms with Crippen LogP contribution in [0.4, 0.5) is 11.5 Å². The molecule has 1 amide bonds. The van der Waals surface area contributed by atoms with E-state index >= 15 is 0 Å². The van der Waals surface area contributed by atoms with Gasteiger partial charge in [-0.2, -0.15) is 5.10 Å². The maximum Gasteiger partial charge on any atom is 0.251 e. The topological polar surface area (TPSA) is 88.2 Å². The monoisotopic (exact) mass is 369 g/mol. The van der Waals surface area contributed by atoms with Crippen molar-refractivity contribution in [2.45, 2.75) is 19.8 Å². The first kappa shape index (κ1) is 19.3. The molecule has 7 heteroatoms. The number of hydrogen-bond donors (Lipinski definition) is 3. The first-order valence-electron chi connectivity index (χ1n) is 9.26. The van der Waals surface area contributed by atoms with Crippen LogP contribution in [0.3, 0.4) is 0 Å². The predicted octanol–water partition coefficient (Wildman–Crippen LogP) is 2.27. The van der Waals surface area contributed by atoms with E-state index in [1.54, 1.807) is 7.11 Å². The van der Waals surface area contributed by atoms with Crippen molar-refractivity contribution in [1.82, 2.24) is 20.8 Å². The van der Waals surface area contributed by atoms with Crippen LogP contribution in [0.5, 0.6) is 0 Å². The maximum atomic E-state index is 12.7. The van der Waals surface area contributed by atoms with E-state index in [0.717, 1.165) is 37.3 Å². The van der Waals surface area contributed by atoms with Crippen LogP contribution in [0.2, 0.25) is 0 Å². The summed E-state index contributed by atoms with van der Waals surface area (Å²) in [7, 11) is 1.72. The molecule has 1 aromatic heterocycles. The summed E-state index contributed by atoms with van der Waals surface area (Å²) >= 11 is 0. The fourth-order valence-corrected chi connectivity index (χ4v) is 3.36. The van der Waals surface area contributed by atoms with Crippen LogP contribution in [-0.4, -0.2) is 49.5 Å². The zero-order chi connectivity index (χ0) is 19.1. The largest absolute Gasteiger partial charge is 0.384 e. The summed E-state index contributed by atoms with van der Waals surface area (Å²) in [6.45, 7) is 5.07. The molecule has 27 heavy (non-hydrogen) atoms. The van der Waals surface area contributed by atoms with Gasteiger partial charge in [0.05, 0.1) is 12.3 Å². The summed E-state index contributed by atoms with van der Waals surface area (Å²) in [5.74, 6) is 0.564. The minimum absolute atomic E-state index is 0.00298. The van der Waals surface area contributed by atoms with Gasteiger partial charge < -0.3 is 20.7 Å². The molecule has 7 nitrogen and oxygen atoms in total. The zero-order valence-corrected chi connectivity index (χ0v) is 15.9. The lowest BCUT2D eigenvalue weighted by molar-refractivity contribution is 0.0512. The normalized spacial score (nSPS) is 15.9. The van der Waals surface area contributed by atoms with Crippen LogP contribution < -0.4 is 16.0 Å². The average Bonchev–Trinajstić information content (AvgIpc) is 2.69. The summed E-state index contributed by atoms with van der Waals surface area (Å²) in [5.41, 5.74) is 2.27. The summed E-state index contributed by atoms with van der Waals surface area (Å²) in [6, 6.07) is 11.1. The molecule has 3 rings (SSSR count). The first-order chi connectivity index (χ1) is 13.1. The molecule has 0 atom stereocenters. The van der Waals surface area contributed by atoms with Crippen molar-refractivity contribution in [3.8, 4) is 0 Å². The van der Waals surface area contributed by atoms with Crippen molar-refractivity contribution >= 4 is 17.4 Å². The highest BCUT2D eigenvalue weighted by Crippen LogP contribution is 2.28. The second-order valence-corrected chi connectivity index (χ2v) is 7.13. The molecule has 0 aliphatic carbocycles. The van der Waals surface area contributed by atoms with E-state index in [-0.39, 0.29) is 11.3 Å². The van der Waals surface area contributed by atoms with E-state index in [1.165, 1.54) is 0 Å². The van der Waals surface area contributed by atoms with Crippen molar-refractivity contribution in [1.29, 1.82) is 0 Å². The number of carbonyl (C=O) groups is 1. The molecule has 2 aromatic rings. The minimum atomic E-state index is -0.0809. The van der Waals surface area contributed by atoms with Gasteiger partial charge in [0.15, 0.2) is 5.82 Å². The second kappa shape index (κ2) is 8.92. The van der Waals surface area contributed by atoms with Gasteiger partial charge in [-0.15, -0.1) is 5.10 Å². The van der Waals surface area contributed by atoms with Gasteiger partial charge in [-0.05, 0) is 63.2 Å². The Labute approximate surface area is 159 Å². The zero-order valence-electron chi connectivity index (χ0n) is 15.9. The number of anilines is 2. The molecular weight excluding hydrogens is 342 g/mol. The quantitative estimate of drug-likeness (QED) is 0.694. The maximum absolute atomic E-state index is 12.7. The Kier molecular flexibility index (Phi) is 6.36. The Morgan fingerprint density at radius 1 is 1.22 bits per heavy atom. The molecule has 1 saturated heterocycles. The SMILES string of the molecule is COCC1(CNC(=O)c2cccc(Nc3ccc(C)nn3)c2)CCNCC1. The molecule has 2 heterocycles. The van der Waals surface area contributed by atoms with Gasteiger partial charge in [0.25, 0.3) is 5.91 Å². The molecule has 1 aliphatic heterocycles. The summed E-state index contributed by atoms with van der Waals surface area (Å²) in [4.78, 5) is 12.7. The van der Waals surface area contributed by atoms with Gasteiger partial charge >= 0.3 is 0 Å². The third-order valence-electron chi connectivity index (χ3n) is 4.93. The van der Waals surface area contributed by atoms with Crippen LogP contribution in [0.1, 0.15) is 28.9 Å². The number of amides is 1. The number of nitrogens with zero attached hydrogens (tertiary/aromatic N) is 2. The Hall–Kier alpha value is -2.51. The number of aromatic nitrogens is 2. The molecule has 0 radical (unpaired) electrons. The van der Waals surface area contributed by atoms with Gasteiger partial charge in [0, 0.05) is 30.3 Å². The number of hydrogen-bond acceptors (Lipinski definition) is 6. The third kappa shape index (κ3) is 5.24. The summed E-state index contributed by atoms with van der Waals surface area (Å²) < 4.78 is 5.41. The van der Waals surface area contributed by atoms with Crippen molar-refractivity contribution in [3.63, 3.8) is 0 Å². The van der Waals surface area contributed by atoms with Crippen LogP contribution in [-0.2, 0) is 4.74 Å². The molecular formula is C20H27N5O2. The lowest BCUT2D eigenvalue weighted by Crippen LogP contribution is -2.47. The van der Waals surface area contributed by atoms with Crippen LogP contribution in [0.25, 0.3) is 0 Å². The molecule has 1 fully saturated rings. The van der Waals surface area contributed by atoms with Crippen molar-refractivity contribution in [2.75, 3.05) is 38.7 Å². The number of piperidine rings is 1. The molecule has 144 valence electrons. The van der Waals surface area contributed by atoms with E-state index in [1.807, 2.05) is 43.3 Å². The molecule has 0 saturated carbocycles. The third-order valence-corrected chi connectivity index (χ3v) is 4.93. The highest BCUT2D eigenvalue weighted by molar-refractivity contribution is 5.95. The Bertz CT molecular complexity index is 752. The number of carbonyl (C=O) groups excluding carboxylic acids is 1. The number of aryl methyl sites for hydroxylation is 1. The lowest BCUT2D eigenvalue weighted by atomic mass is 9.79. The summed E-state index contributed by atoms with van der Waals surface area (Å²) in [6.07, 6.45) is 1.99. The highest BCUT2D eigenvalue weighted by Gasteiger charge is 2.32. The van der Waals surface area contributed by atoms with Gasteiger partial charge in [-0.1, -0.05) is 6.07 Å².